The van der Waals surface area contributed by atoms with Crippen LogP contribution in [-0.4, -0.2) is 12.6 Å². The lowest BCUT2D eigenvalue weighted by molar-refractivity contribution is -0.140. The Morgan fingerprint density at radius 1 is 1.25 bits per heavy atom. The molecule has 0 amide bonds. The molecule has 0 saturated heterocycles. The number of hydrogen-bond donors (Lipinski definition) is 0. The third-order valence-corrected chi connectivity index (χ3v) is 2.48. The second-order valence-corrected chi connectivity index (χ2v) is 3.91. The molecule has 0 heterocycles. The summed E-state index contributed by atoms with van der Waals surface area (Å²) in [6.45, 7) is 1.95. The number of hydrogen-bond acceptors (Lipinski definition) is 2. The lowest BCUT2D eigenvalue weighted by Crippen LogP contribution is -2.01. The predicted octanol–water partition coefficient (Wildman–Crippen LogP) is 3.55. The highest BCUT2D eigenvalue weighted by atomic mass is 16.5. The summed E-state index contributed by atoms with van der Waals surface area (Å²) in [4.78, 5) is 10.6. The molecule has 88 valence electrons. The summed E-state index contributed by atoms with van der Waals surface area (Å²) in [6, 6.07) is 0. The van der Waals surface area contributed by atoms with E-state index >= 15 is 0 Å². The second-order valence-electron chi connectivity index (χ2n) is 3.91. The molecule has 16 heavy (non-hydrogen) atoms. The van der Waals surface area contributed by atoms with E-state index in [0.29, 0.717) is 6.61 Å². The van der Waals surface area contributed by atoms with Crippen LogP contribution < -0.4 is 0 Å². The van der Waals surface area contributed by atoms with Crippen LogP contribution in [0, 0.1) is 0 Å². The molecule has 0 fully saturated rings. The molecule has 1 aliphatic rings. The summed E-state index contributed by atoms with van der Waals surface area (Å²) in [5.41, 5.74) is 1.35. The number of esters is 1. The quantitative estimate of drug-likeness (QED) is 0.537. The number of allylic oxidation sites excluding steroid dienone is 5. The Morgan fingerprint density at radius 3 is 2.75 bits per heavy atom. The second kappa shape index (κ2) is 7.91. The van der Waals surface area contributed by atoms with Crippen LogP contribution in [0.3, 0.4) is 0 Å². The molecular formula is C14H20O2. The van der Waals surface area contributed by atoms with Gasteiger partial charge in [0.2, 0.25) is 0 Å². The van der Waals surface area contributed by atoms with E-state index in [1.54, 1.807) is 0 Å². The van der Waals surface area contributed by atoms with Crippen molar-refractivity contribution in [3.8, 4) is 0 Å². The van der Waals surface area contributed by atoms with Crippen LogP contribution in [0.25, 0.3) is 0 Å². The minimum atomic E-state index is -0.198. The van der Waals surface area contributed by atoms with Gasteiger partial charge in [0, 0.05) is 13.3 Å². The van der Waals surface area contributed by atoms with Crippen LogP contribution in [0.15, 0.2) is 36.0 Å². The molecule has 0 spiro atoms. The van der Waals surface area contributed by atoms with E-state index in [4.69, 9.17) is 4.74 Å². The largest absolute Gasteiger partial charge is 0.466 e. The Bertz CT molecular complexity index is 298. The molecule has 0 bridgehead atoms. The van der Waals surface area contributed by atoms with Gasteiger partial charge >= 0.3 is 5.97 Å². The van der Waals surface area contributed by atoms with Crippen molar-refractivity contribution in [1.29, 1.82) is 0 Å². The molecule has 0 aliphatic heterocycles. The molecule has 2 nitrogen and oxygen atoms in total. The average molecular weight is 220 g/mol. The van der Waals surface area contributed by atoms with Gasteiger partial charge in [0.1, 0.15) is 0 Å². The van der Waals surface area contributed by atoms with Crippen molar-refractivity contribution in [3.05, 3.63) is 36.0 Å². The van der Waals surface area contributed by atoms with E-state index in [1.807, 2.05) is 0 Å². The topological polar surface area (TPSA) is 26.3 Å². The van der Waals surface area contributed by atoms with Crippen LogP contribution in [0.4, 0.5) is 0 Å². The summed E-state index contributed by atoms with van der Waals surface area (Å²) >= 11 is 0. The van der Waals surface area contributed by atoms with Crippen LogP contribution in [0.5, 0.6) is 0 Å². The van der Waals surface area contributed by atoms with Gasteiger partial charge in [-0.05, 0) is 25.7 Å². The van der Waals surface area contributed by atoms with Crippen LogP contribution in [-0.2, 0) is 9.53 Å². The molecule has 1 rings (SSSR count). The van der Waals surface area contributed by atoms with Gasteiger partial charge in [-0.3, -0.25) is 4.79 Å². The smallest absolute Gasteiger partial charge is 0.302 e. The highest BCUT2D eigenvalue weighted by Crippen LogP contribution is 2.12. The zero-order valence-electron chi connectivity index (χ0n) is 9.95. The molecule has 0 unspecified atom stereocenters. The third kappa shape index (κ3) is 6.23. The van der Waals surface area contributed by atoms with Gasteiger partial charge in [0.15, 0.2) is 0 Å². The van der Waals surface area contributed by atoms with Gasteiger partial charge in [-0.2, -0.15) is 0 Å². The van der Waals surface area contributed by atoms with E-state index in [1.165, 1.54) is 12.5 Å². The third-order valence-electron chi connectivity index (χ3n) is 2.48. The SMILES string of the molecule is CC(=O)OCC/C1=C/C/C=C/CC/C=C\C1. The number of carbonyl (C=O) groups is 1. The summed E-state index contributed by atoms with van der Waals surface area (Å²) in [6.07, 6.45) is 16.1. The van der Waals surface area contributed by atoms with E-state index in [2.05, 4.69) is 30.4 Å². The Morgan fingerprint density at radius 2 is 2.00 bits per heavy atom. The summed E-state index contributed by atoms with van der Waals surface area (Å²) < 4.78 is 4.95. The fourth-order valence-corrected chi connectivity index (χ4v) is 1.61. The number of rotatable bonds is 3. The van der Waals surface area contributed by atoms with Gasteiger partial charge < -0.3 is 4.74 Å². The van der Waals surface area contributed by atoms with E-state index in [9.17, 15) is 4.79 Å². The number of ether oxygens (including phenoxy) is 1. The van der Waals surface area contributed by atoms with Gasteiger partial charge in [-0.1, -0.05) is 36.0 Å². The Balaban J connectivity index is 2.40. The van der Waals surface area contributed by atoms with Crippen molar-refractivity contribution < 1.29 is 9.53 Å². The van der Waals surface area contributed by atoms with Gasteiger partial charge in [0.25, 0.3) is 0 Å². The van der Waals surface area contributed by atoms with Crippen molar-refractivity contribution >= 4 is 5.97 Å². The van der Waals surface area contributed by atoms with Gasteiger partial charge in [0.05, 0.1) is 6.61 Å². The first-order valence-corrected chi connectivity index (χ1v) is 5.90. The van der Waals surface area contributed by atoms with Crippen LogP contribution >= 0.6 is 0 Å². The summed E-state index contributed by atoms with van der Waals surface area (Å²) in [5, 5.41) is 0. The zero-order chi connectivity index (χ0) is 11.6. The van der Waals surface area contributed by atoms with Crippen LogP contribution in [0.1, 0.15) is 39.0 Å². The molecule has 2 heteroatoms. The average Bonchev–Trinajstić information content (AvgIpc) is 2.26. The lowest BCUT2D eigenvalue weighted by atomic mass is 10.1. The van der Waals surface area contributed by atoms with Crippen molar-refractivity contribution in [3.63, 3.8) is 0 Å². The molecule has 0 aromatic carbocycles. The standard InChI is InChI=1S/C14H20O2/c1-13(15)16-12-11-14-9-7-5-3-2-4-6-8-10-14/h3,5-6,8-9H,2,4,7,10-12H2,1H3/b5-3+,8-6-,14-9+. The van der Waals surface area contributed by atoms with Gasteiger partial charge in [-0.15, -0.1) is 0 Å². The first-order valence-electron chi connectivity index (χ1n) is 5.90. The maximum Gasteiger partial charge on any atom is 0.302 e. The fourth-order valence-electron chi connectivity index (χ4n) is 1.61. The van der Waals surface area contributed by atoms with E-state index in [-0.39, 0.29) is 5.97 Å². The molecule has 0 aromatic heterocycles. The van der Waals surface area contributed by atoms with E-state index in [0.717, 1.165) is 32.1 Å². The summed E-state index contributed by atoms with van der Waals surface area (Å²) in [7, 11) is 0. The van der Waals surface area contributed by atoms with Crippen molar-refractivity contribution in [2.45, 2.75) is 39.0 Å². The molecule has 0 aromatic rings. The summed E-state index contributed by atoms with van der Waals surface area (Å²) in [5.74, 6) is -0.198. The van der Waals surface area contributed by atoms with Crippen molar-refractivity contribution in [2.75, 3.05) is 6.61 Å². The molecule has 0 N–H and O–H groups in total. The van der Waals surface area contributed by atoms with Crippen molar-refractivity contribution in [2.24, 2.45) is 0 Å². The maximum absolute atomic E-state index is 10.6. The maximum atomic E-state index is 10.6. The number of carbonyl (C=O) groups excluding carboxylic acids is 1. The molecule has 0 radical (unpaired) electrons. The molecule has 0 atom stereocenters. The fraction of sp³-hybridized carbons (Fsp3) is 0.500. The Kier molecular flexibility index (Phi) is 6.31. The Hall–Kier alpha value is -1.31. The molecule has 0 saturated carbocycles. The predicted molar refractivity (Wildman–Crippen MR) is 66.1 cm³/mol. The van der Waals surface area contributed by atoms with Gasteiger partial charge in [-0.25, -0.2) is 0 Å². The highest BCUT2D eigenvalue weighted by Gasteiger charge is 1.98. The lowest BCUT2D eigenvalue weighted by Gasteiger charge is -2.06. The monoisotopic (exact) mass is 220 g/mol. The van der Waals surface area contributed by atoms with Crippen molar-refractivity contribution in [1.82, 2.24) is 0 Å². The Labute approximate surface area is 97.7 Å². The molecular weight excluding hydrogens is 200 g/mol. The minimum absolute atomic E-state index is 0.198. The van der Waals surface area contributed by atoms with Crippen LogP contribution in [0.2, 0.25) is 0 Å². The first-order chi connectivity index (χ1) is 7.79. The van der Waals surface area contributed by atoms with E-state index < -0.39 is 0 Å². The normalized spacial score (nSPS) is 23.9. The highest BCUT2D eigenvalue weighted by molar-refractivity contribution is 5.65. The minimum Gasteiger partial charge on any atom is -0.466 e. The first kappa shape index (κ1) is 12.8. The zero-order valence-corrected chi connectivity index (χ0v) is 9.95. The molecule has 1 aliphatic carbocycles.